The molecule has 1 saturated carbocycles. The summed E-state index contributed by atoms with van der Waals surface area (Å²) in [5.74, 6) is 1.93. The molecule has 0 radical (unpaired) electrons. The van der Waals surface area contributed by atoms with Crippen LogP contribution in [-0.4, -0.2) is 52.1 Å². The van der Waals surface area contributed by atoms with Crippen molar-refractivity contribution in [1.82, 2.24) is 30.5 Å². The number of aliphatic imine (C=N–C) groups is 1. The second kappa shape index (κ2) is 9.52. The maximum atomic E-state index is 12.3. The molecule has 2 heterocycles. The second-order valence-corrected chi connectivity index (χ2v) is 7.66. The molecule has 1 aliphatic carbocycles. The van der Waals surface area contributed by atoms with Crippen LogP contribution in [-0.2, 0) is 11.2 Å². The zero-order chi connectivity index (χ0) is 19.9. The van der Waals surface area contributed by atoms with E-state index in [9.17, 15) is 4.79 Å². The highest BCUT2D eigenvalue weighted by Crippen LogP contribution is 2.24. The molecular weight excluding hydrogens is 354 g/mol. The van der Waals surface area contributed by atoms with Gasteiger partial charge in [-0.15, -0.1) is 10.2 Å². The average Bonchev–Trinajstić information content (AvgIpc) is 3.10. The van der Waals surface area contributed by atoms with E-state index in [0.717, 1.165) is 49.5 Å². The first-order valence-electron chi connectivity index (χ1n) is 10.1. The number of rotatable bonds is 6. The van der Waals surface area contributed by atoms with Crippen LogP contribution in [0.5, 0.6) is 0 Å². The molecule has 2 aromatic rings. The van der Waals surface area contributed by atoms with Gasteiger partial charge in [-0.25, -0.2) is 0 Å². The molecule has 1 fully saturated rings. The number of aromatic nitrogens is 3. The molecule has 3 rings (SSSR count). The fraction of sp³-hybridized carbons (Fsp3) is 0.600. The van der Waals surface area contributed by atoms with Crippen LogP contribution in [0.1, 0.15) is 45.4 Å². The number of guanidine groups is 1. The van der Waals surface area contributed by atoms with Crippen LogP contribution in [0.15, 0.2) is 29.4 Å². The molecule has 0 saturated heterocycles. The number of fused-ring (bicyclic) bond motifs is 1. The summed E-state index contributed by atoms with van der Waals surface area (Å²) in [7, 11) is 1.77. The van der Waals surface area contributed by atoms with Crippen molar-refractivity contribution in [2.75, 3.05) is 13.6 Å². The van der Waals surface area contributed by atoms with Gasteiger partial charge >= 0.3 is 0 Å². The third-order valence-electron chi connectivity index (χ3n) is 5.07. The third-order valence-corrected chi connectivity index (χ3v) is 5.07. The number of carbonyl (C=O) groups is 1. The summed E-state index contributed by atoms with van der Waals surface area (Å²) in [6.45, 7) is 4.71. The molecule has 0 bridgehead atoms. The van der Waals surface area contributed by atoms with Crippen molar-refractivity contribution in [2.24, 2.45) is 10.9 Å². The molecule has 1 aliphatic rings. The fourth-order valence-electron chi connectivity index (χ4n) is 3.70. The lowest BCUT2D eigenvalue weighted by Crippen LogP contribution is -2.48. The topological polar surface area (TPSA) is 95.7 Å². The van der Waals surface area contributed by atoms with E-state index in [1.165, 1.54) is 0 Å². The number of hydrogen-bond acceptors (Lipinski definition) is 4. The van der Waals surface area contributed by atoms with E-state index in [0.29, 0.717) is 6.54 Å². The highest BCUT2D eigenvalue weighted by atomic mass is 16.1. The zero-order valence-corrected chi connectivity index (χ0v) is 17.0. The van der Waals surface area contributed by atoms with Gasteiger partial charge in [0.25, 0.3) is 0 Å². The number of nitrogens with zero attached hydrogens (tertiary/aromatic N) is 4. The minimum Gasteiger partial charge on any atom is -0.356 e. The molecule has 8 nitrogen and oxygen atoms in total. The summed E-state index contributed by atoms with van der Waals surface area (Å²) in [6, 6.07) is 6.32. The van der Waals surface area contributed by atoms with Crippen molar-refractivity contribution in [3.8, 4) is 0 Å². The van der Waals surface area contributed by atoms with Gasteiger partial charge in [-0.05, 0) is 45.2 Å². The Balaban J connectivity index is 1.48. The molecule has 1 amide bonds. The second-order valence-electron chi connectivity index (χ2n) is 7.66. The molecule has 28 heavy (non-hydrogen) atoms. The largest absolute Gasteiger partial charge is 0.356 e. The lowest BCUT2D eigenvalue weighted by Gasteiger charge is -2.30. The maximum absolute atomic E-state index is 12.3. The molecule has 3 N–H and O–H groups in total. The molecule has 2 unspecified atom stereocenters. The zero-order valence-electron chi connectivity index (χ0n) is 17.0. The van der Waals surface area contributed by atoms with Crippen molar-refractivity contribution >= 4 is 17.5 Å². The van der Waals surface area contributed by atoms with Gasteiger partial charge in [0.1, 0.15) is 5.82 Å². The predicted octanol–water partition coefficient (Wildman–Crippen LogP) is 1.52. The fourth-order valence-corrected chi connectivity index (χ4v) is 3.70. The predicted molar refractivity (Wildman–Crippen MR) is 110 cm³/mol. The lowest BCUT2D eigenvalue weighted by molar-refractivity contribution is -0.126. The highest BCUT2D eigenvalue weighted by molar-refractivity contribution is 5.81. The lowest BCUT2D eigenvalue weighted by atomic mass is 9.85. The van der Waals surface area contributed by atoms with E-state index in [-0.39, 0.29) is 23.9 Å². The van der Waals surface area contributed by atoms with Gasteiger partial charge in [-0.3, -0.25) is 14.2 Å². The average molecular weight is 386 g/mol. The first-order valence-corrected chi connectivity index (χ1v) is 10.1. The van der Waals surface area contributed by atoms with E-state index in [4.69, 9.17) is 0 Å². The Hall–Kier alpha value is -2.64. The quantitative estimate of drug-likeness (QED) is 0.518. The summed E-state index contributed by atoms with van der Waals surface area (Å²) < 4.78 is 2.00. The number of hydrogen-bond donors (Lipinski definition) is 3. The van der Waals surface area contributed by atoms with Gasteiger partial charge in [0.2, 0.25) is 5.91 Å². The minimum atomic E-state index is 0.0779. The van der Waals surface area contributed by atoms with Gasteiger partial charge in [0, 0.05) is 44.2 Å². The molecule has 2 aromatic heterocycles. The van der Waals surface area contributed by atoms with Crippen LogP contribution in [0.2, 0.25) is 0 Å². The number of nitrogens with one attached hydrogen (secondary N) is 3. The van der Waals surface area contributed by atoms with Gasteiger partial charge in [0.15, 0.2) is 11.6 Å². The summed E-state index contributed by atoms with van der Waals surface area (Å²) in [5, 5.41) is 18.3. The molecule has 0 aromatic carbocycles. The van der Waals surface area contributed by atoms with Crippen molar-refractivity contribution < 1.29 is 4.79 Å². The van der Waals surface area contributed by atoms with Crippen LogP contribution in [0.4, 0.5) is 0 Å². The van der Waals surface area contributed by atoms with Gasteiger partial charge in [-0.2, -0.15) is 0 Å². The molecule has 0 aliphatic heterocycles. The molecule has 152 valence electrons. The van der Waals surface area contributed by atoms with Gasteiger partial charge in [-0.1, -0.05) is 12.5 Å². The van der Waals surface area contributed by atoms with Crippen LogP contribution in [0.25, 0.3) is 5.65 Å². The van der Waals surface area contributed by atoms with E-state index < -0.39 is 0 Å². The number of amides is 1. The summed E-state index contributed by atoms with van der Waals surface area (Å²) in [6.07, 6.45) is 6.63. The van der Waals surface area contributed by atoms with Crippen molar-refractivity contribution in [2.45, 2.75) is 58.0 Å². The molecule has 0 spiro atoms. The van der Waals surface area contributed by atoms with E-state index in [1.54, 1.807) is 7.05 Å². The Labute approximate surface area is 166 Å². The Morgan fingerprint density at radius 1 is 1.32 bits per heavy atom. The van der Waals surface area contributed by atoms with Crippen molar-refractivity contribution in [3.05, 3.63) is 30.2 Å². The van der Waals surface area contributed by atoms with Crippen molar-refractivity contribution in [3.63, 3.8) is 0 Å². The summed E-state index contributed by atoms with van der Waals surface area (Å²) in [4.78, 5) is 16.7. The normalized spacial score (nSPS) is 20.4. The Kier molecular flexibility index (Phi) is 6.84. The first-order chi connectivity index (χ1) is 13.6. The Morgan fingerprint density at radius 2 is 2.18 bits per heavy atom. The van der Waals surface area contributed by atoms with E-state index in [2.05, 4.69) is 31.1 Å². The number of carbonyl (C=O) groups excluding carboxylic acids is 1. The number of pyridine rings is 1. The Bertz CT molecular complexity index is 814. The van der Waals surface area contributed by atoms with Gasteiger partial charge < -0.3 is 16.0 Å². The van der Waals surface area contributed by atoms with Gasteiger partial charge in [0.05, 0.1) is 0 Å². The van der Waals surface area contributed by atoms with Crippen LogP contribution in [0, 0.1) is 5.92 Å². The Morgan fingerprint density at radius 3 is 2.96 bits per heavy atom. The first kappa shape index (κ1) is 20.1. The van der Waals surface area contributed by atoms with Crippen LogP contribution >= 0.6 is 0 Å². The maximum Gasteiger partial charge on any atom is 0.223 e. The summed E-state index contributed by atoms with van der Waals surface area (Å²) >= 11 is 0. The highest BCUT2D eigenvalue weighted by Gasteiger charge is 2.27. The molecule has 2 atom stereocenters. The molecular formula is C20H31N7O. The third kappa shape index (κ3) is 5.21. The monoisotopic (exact) mass is 385 g/mol. The van der Waals surface area contributed by atoms with E-state index in [1.807, 2.05) is 42.6 Å². The van der Waals surface area contributed by atoms with Crippen LogP contribution in [0.3, 0.4) is 0 Å². The SMILES string of the molecule is CN=C(NCCc1nnc2ccccn12)NC1CCCC(C(=O)NC(C)C)C1. The van der Waals surface area contributed by atoms with Crippen molar-refractivity contribution in [1.29, 1.82) is 0 Å². The standard InChI is InChI=1S/C20H31N7O/c1-14(2)23-19(28)15-7-6-8-16(13-15)24-20(21-3)22-11-10-18-26-25-17-9-4-5-12-27(17)18/h4-5,9,12,14-16H,6-8,10-11,13H2,1-3H3,(H,23,28)(H2,21,22,24). The van der Waals surface area contributed by atoms with Crippen LogP contribution < -0.4 is 16.0 Å². The molecule has 8 heteroatoms. The van der Waals surface area contributed by atoms with E-state index >= 15 is 0 Å². The summed E-state index contributed by atoms with van der Waals surface area (Å²) in [5.41, 5.74) is 0.855. The smallest absolute Gasteiger partial charge is 0.223 e. The minimum absolute atomic E-state index is 0.0779.